The van der Waals surface area contributed by atoms with Gasteiger partial charge in [0.1, 0.15) is 5.75 Å². The Morgan fingerprint density at radius 3 is 2.09 bits per heavy atom. The smallest absolute Gasteiger partial charge is 0.416 e. The van der Waals surface area contributed by atoms with E-state index >= 15 is 0 Å². The van der Waals surface area contributed by atoms with Gasteiger partial charge in [0, 0.05) is 55.7 Å². The number of rotatable bonds is 7. The summed E-state index contributed by atoms with van der Waals surface area (Å²) in [5.74, 6) is -2.85. The average molecular weight is 634 g/mol. The van der Waals surface area contributed by atoms with Gasteiger partial charge in [0.15, 0.2) is 12.2 Å². The predicted molar refractivity (Wildman–Crippen MR) is 158 cm³/mol. The molecule has 1 fully saturated rings. The van der Waals surface area contributed by atoms with Crippen LogP contribution >= 0.6 is 0 Å². The molecule has 242 valence electrons. The first kappa shape index (κ1) is 34.4. The van der Waals surface area contributed by atoms with Gasteiger partial charge in [-0.25, -0.2) is 4.98 Å². The van der Waals surface area contributed by atoms with Gasteiger partial charge in [-0.15, -0.1) is 0 Å². The van der Waals surface area contributed by atoms with Gasteiger partial charge < -0.3 is 36.2 Å². The molecule has 1 saturated heterocycles. The van der Waals surface area contributed by atoms with E-state index in [9.17, 15) is 32.3 Å². The number of benzene rings is 2. The molecule has 0 unspecified atom stereocenters. The quantitative estimate of drug-likeness (QED) is 0.282. The number of nitrogens with one attached hydrogen (secondary N) is 2. The first-order chi connectivity index (χ1) is 21.1. The highest BCUT2D eigenvalue weighted by Gasteiger charge is 2.31. The third-order valence-corrected chi connectivity index (χ3v) is 6.61. The molecule has 2 heterocycles. The molecule has 16 heteroatoms. The number of carbonyl (C=O) groups excluding carboxylic acids is 4. The summed E-state index contributed by atoms with van der Waals surface area (Å²) in [7, 11) is 1.49. The van der Waals surface area contributed by atoms with Crippen molar-refractivity contribution in [1.29, 1.82) is 0 Å². The SMILES string of the molecule is COc1cc(NC(=O)C(=O)NC(C)(C)CN2CCN(c3ccc(C(F)(F)F)cc3)CC2)ccc1-c1cnco1.NC(=O)C(N)=O. The molecule has 2 aromatic carbocycles. The van der Waals surface area contributed by atoms with E-state index in [1.54, 1.807) is 24.4 Å². The van der Waals surface area contributed by atoms with E-state index in [0.717, 1.165) is 17.8 Å². The maximum atomic E-state index is 12.8. The molecule has 0 atom stereocenters. The van der Waals surface area contributed by atoms with Gasteiger partial charge in [0.25, 0.3) is 0 Å². The summed E-state index contributed by atoms with van der Waals surface area (Å²) in [6.45, 7) is 6.72. The Morgan fingerprint density at radius 1 is 0.956 bits per heavy atom. The Bertz CT molecular complexity index is 1470. The summed E-state index contributed by atoms with van der Waals surface area (Å²) < 4.78 is 49.2. The normalized spacial score (nSPS) is 13.7. The molecule has 6 N–H and O–H groups in total. The summed E-state index contributed by atoms with van der Waals surface area (Å²) in [6, 6.07) is 10.1. The highest BCUT2D eigenvalue weighted by Crippen LogP contribution is 2.32. The number of ether oxygens (including phenoxy) is 1. The monoisotopic (exact) mass is 633 g/mol. The second-order valence-corrected chi connectivity index (χ2v) is 10.6. The third-order valence-electron chi connectivity index (χ3n) is 6.61. The van der Waals surface area contributed by atoms with Crippen LogP contribution in [-0.2, 0) is 25.4 Å². The van der Waals surface area contributed by atoms with Crippen LogP contribution in [0.25, 0.3) is 11.3 Å². The number of oxazole rings is 1. The number of nitrogens with two attached hydrogens (primary N) is 2. The van der Waals surface area contributed by atoms with Crippen LogP contribution in [0.1, 0.15) is 19.4 Å². The maximum absolute atomic E-state index is 12.8. The number of anilines is 2. The molecule has 45 heavy (non-hydrogen) atoms. The summed E-state index contributed by atoms with van der Waals surface area (Å²) >= 11 is 0. The van der Waals surface area contributed by atoms with Gasteiger partial charge in [-0.05, 0) is 50.2 Å². The fourth-order valence-electron chi connectivity index (χ4n) is 4.50. The van der Waals surface area contributed by atoms with Gasteiger partial charge in [0.2, 0.25) is 0 Å². The number of nitrogens with zero attached hydrogens (tertiary/aromatic N) is 3. The van der Waals surface area contributed by atoms with Crippen molar-refractivity contribution >= 4 is 35.0 Å². The summed E-state index contributed by atoms with van der Waals surface area (Å²) in [4.78, 5) is 52.2. The van der Waals surface area contributed by atoms with Gasteiger partial charge >= 0.3 is 29.8 Å². The van der Waals surface area contributed by atoms with Crippen LogP contribution in [0, 0.1) is 0 Å². The zero-order valence-corrected chi connectivity index (χ0v) is 24.8. The van der Waals surface area contributed by atoms with E-state index in [1.807, 2.05) is 18.7 Å². The lowest BCUT2D eigenvalue weighted by Crippen LogP contribution is -2.57. The minimum atomic E-state index is -4.36. The van der Waals surface area contributed by atoms with Crippen molar-refractivity contribution in [2.45, 2.75) is 25.6 Å². The van der Waals surface area contributed by atoms with Crippen molar-refractivity contribution in [3.63, 3.8) is 0 Å². The highest BCUT2D eigenvalue weighted by molar-refractivity contribution is 6.39. The molecule has 1 aliphatic heterocycles. The number of carbonyl (C=O) groups is 4. The number of alkyl halides is 3. The molecule has 0 aliphatic carbocycles. The number of piperazine rings is 1. The average Bonchev–Trinajstić information content (AvgIpc) is 3.52. The van der Waals surface area contributed by atoms with Gasteiger partial charge in [-0.2, -0.15) is 13.2 Å². The molecule has 4 amide bonds. The number of amides is 4. The van der Waals surface area contributed by atoms with E-state index < -0.39 is 40.9 Å². The Kier molecular flexibility index (Phi) is 11.1. The largest absolute Gasteiger partial charge is 0.496 e. The molecular weight excluding hydrogens is 599 g/mol. The second-order valence-electron chi connectivity index (χ2n) is 10.6. The van der Waals surface area contributed by atoms with Gasteiger partial charge in [-0.1, -0.05) is 0 Å². The molecule has 4 rings (SSSR count). The maximum Gasteiger partial charge on any atom is 0.416 e. The number of halogens is 3. The zero-order valence-electron chi connectivity index (χ0n) is 24.8. The van der Waals surface area contributed by atoms with E-state index in [-0.39, 0.29) is 0 Å². The molecule has 13 nitrogen and oxygen atoms in total. The van der Waals surface area contributed by atoms with Crippen LogP contribution < -0.4 is 31.7 Å². The van der Waals surface area contributed by atoms with Crippen LogP contribution in [0.15, 0.2) is 59.5 Å². The van der Waals surface area contributed by atoms with Crippen LogP contribution in [0.3, 0.4) is 0 Å². The minimum Gasteiger partial charge on any atom is -0.496 e. The molecule has 0 spiro atoms. The Labute approximate surface area is 256 Å². The Balaban J connectivity index is 0.000000838. The molecule has 1 aliphatic rings. The topological polar surface area (TPSA) is 186 Å². The number of methoxy groups -OCH3 is 1. The zero-order chi connectivity index (χ0) is 33.4. The molecule has 0 bridgehead atoms. The van der Waals surface area contributed by atoms with E-state index in [2.05, 4.69) is 32.0 Å². The first-order valence-corrected chi connectivity index (χ1v) is 13.5. The third kappa shape index (κ3) is 9.96. The van der Waals surface area contributed by atoms with Crippen molar-refractivity contribution in [3.05, 3.63) is 60.6 Å². The number of hydrogen-bond donors (Lipinski definition) is 4. The Morgan fingerprint density at radius 2 is 1.58 bits per heavy atom. The fraction of sp³-hybridized carbons (Fsp3) is 0.345. The summed E-state index contributed by atoms with van der Waals surface area (Å²) in [6.07, 6.45) is -1.52. The second kappa shape index (κ2) is 14.6. The van der Waals surface area contributed by atoms with E-state index in [4.69, 9.17) is 9.15 Å². The lowest BCUT2D eigenvalue weighted by Gasteiger charge is -2.40. The van der Waals surface area contributed by atoms with Gasteiger partial charge in [-0.3, -0.25) is 24.1 Å². The van der Waals surface area contributed by atoms with Gasteiger partial charge in [0.05, 0.1) is 24.4 Å². The lowest BCUT2D eigenvalue weighted by atomic mass is 10.0. The minimum absolute atomic E-state index is 0.382. The number of hydrogen-bond acceptors (Lipinski definition) is 9. The summed E-state index contributed by atoms with van der Waals surface area (Å²) in [5, 5.41) is 5.37. The van der Waals surface area contributed by atoms with Crippen LogP contribution in [-0.4, -0.2) is 78.9 Å². The van der Waals surface area contributed by atoms with E-state index in [1.165, 1.54) is 25.6 Å². The van der Waals surface area contributed by atoms with Crippen molar-refractivity contribution in [2.24, 2.45) is 11.5 Å². The van der Waals surface area contributed by atoms with Crippen molar-refractivity contribution in [1.82, 2.24) is 15.2 Å². The molecule has 1 aromatic heterocycles. The predicted octanol–water partition coefficient (Wildman–Crippen LogP) is 1.98. The van der Waals surface area contributed by atoms with Crippen LogP contribution in [0.5, 0.6) is 5.75 Å². The van der Waals surface area contributed by atoms with Crippen molar-refractivity contribution in [2.75, 3.05) is 50.1 Å². The summed E-state index contributed by atoms with van der Waals surface area (Å²) in [5.41, 5.74) is 9.03. The Hall–Kier alpha value is -5.12. The fourth-order valence-corrected chi connectivity index (χ4v) is 4.50. The van der Waals surface area contributed by atoms with Crippen molar-refractivity contribution < 1.29 is 41.5 Å². The molecule has 3 aromatic rings. The van der Waals surface area contributed by atoms with E-state index in [0.29, 0.717) is 55.5 Å². The molecule has 0 saturated carbocycles. The lowest BCUT2D eigenvalue weighted by molar-refractivity contribution is -0.137. The number of aromatic nitrogens is 1. The first-order valence-electron chi connectivity index (χ1n) is 13.5. The number of primary amides is 2. The molecule has 0 radical (unpaired) electrons. The molecular formula is C29H34F3N7O6. The van der Waals surface area contributed by atoms with Crippen LogP contribution in [0.4, 0.5) is 24.5 Å². The highest BCUT2D eigenvalue weighted by atomic mass is 19.4. The van der Waals surface area contributed by atoms with Crippen LogP contribution in [0.2, 0.25) is 0 Å². The van der Waals surface area contributed by atoms with Crippen molar-refractivity contribution in [3.8, 4) is 17.1 Å². The standard InChI is InChI=1S/C27H30F3N5O4.C2H4N2O2/c1-26(2,16-34-10-12-35(13-11-34)20-7-4-18(5-8-20)27(28,29)30)33-25(37)24(36)32-19-6-9-21(22(14-19)38-3)23-15-31-17-39-23;3-1(5)2(4)6/h4-9,14-15,17H,10-13,16H2,1-3H3,(H,32,36)(H,33,37);(H2,3,5)(H2,4,6).